The van der Waals surface area contributed by atoms with Gasteiger partial charge in [-0.25, -0.2) is 0 Å². The van der Waals surface area contributed by atoms with Crippen LogP contribution in [0.4, 0.5) is 5.69 Å². The molecule has 6 heteroatoms. The molecule has 0 bridgehead atoms. The minimum Gasteiger partial charge on any atom is -0.493 e. The Morgan fingerprint density at radius 2 is 2.12 bits per heavy atom. The SMILES string of the molecule is CCOc1cc([N+](=O)[O-])ccc1C=O.CO. The first-order valence-electron chi connectivity index (χ1n) is 4.50. The fourth-order valence-electron chi connectivity index (χ4n) is 1.01. The maximum atomic E-state index is 10.5. The van der Waals surface area contributed by atoms with Gasteiger partial charge in [0.2, 0.25) is 0 Å². The van der Waals surface area contributed by atoms with Gasteiger partial charge in [-0.05, 0) is 13.0 Å². The molecule has 0 spiro atoms. The van der Waals surface area contributed by atoms with Gasteiger partial charge in [-0.3, -0.25) is 14.9 Å². The predicted molar refractivity (Wildman–Crippen MR) is 57.8 cm³/mol. The monoisotopic (exact) mass is 227 g/mol. The Balaban J connectivity index is 0.00000106. The summed E-state index contributed by atoms with van der Waals surface area (Å²) in [5.74, 6) is 0.247. The third-order valence-electron chi connectivity index (χ3n) is 1.63. The summed E-state index contributed by atoms with van der Waals surface area (Å²) >= 11 is 0. The van der Waals surface area contributed by atoms with Crippen LogP contribution in [0.25, 0.3) is 0 Å². The lowest BCUT2D eigenvalue weighted by Gasteiger charge is -2.04. The minimum absolute atomic E-state index is 0.0842. The van der Waals surface area contributed by atoms with Crippen molar-refractivity contribution in [1.29, 1.82) is 0 Å². The lowest BCUT2D eigenvalue weighted by Crippen LogP contribution is -1.97. The highest BCUT2D eigenvalue weighted by Gasteiger charge is 2.10. The number of nitro benzene ring substituents is 1. The Labute approximate surface area is 92.6 Å². The van der Waals surface area contributed by atoms with Gasteiger partial charge in [-0.15, -0.1) is 0 Å². The summed E-state index contributed by atoms with van der Waals surface area (Å²) < 4.78 is 5.08. The molecule has 1 rings (SSSR count). The zero-order valence-corrected chi connectivity index (χ0v) is 9.04. The molecule has 88 valence electrons. The molecule has 0 atom stereocenters. The van der Waals surface area contributed by atoms with E-state index in [2.05, 4.69) is 0 Å². The topological polar surface area (TPSA) is 89.7 Å². The van der Waals surface area contributed by atoms with Crippen molar-refractivity contribution >= 4 is 12.0 Å². The van der Waals surface area contributed by atoms with E-state index in [-0.39, 0.29) is 11.4 Å². The number of carbonyl (C=O) groups is 1. The lowest BCUT2D eigenvalue weighted by molar-refractivity contribution is -0.384. The first kappa shape index (κ1) is 14.1. The van der Waals surface area contributed by atoms with Crippen molar-refractivity contribution in [3.63, 3.8) is 0 Å². The number of nitro groups is 1. The van der Waals surface area contributed by atoms with Crippen molar-refractivity contribution in [1.82, 2.24) is 0 Å². The highest BCUT2D eigenvalue weighted by Crippen LogP contribution is 2.23. The van der Waals surface area contributed by atoms with Crippen LogP contribution in [0, 0.1) is 10.1 Å². The molecule has 0 aliphatic heterocycles. The van der Waals surface area contributed by atoms with E-state index in [0.29, 0.717) is 18.5 Å². The highest BCUT2D eigenvalue weighted by molar-refractivity contribution is 5.80. The number of benzene rings is 1. The van der Waals surface area contributed by atoms with Crippen LogP contribution in [-0.2, 0) is 0 Å². The number of ether oxygens (including phenoxy) is 1. The molecule has 1 aromatic carbocycles. The van der Waals surface area contributed by atoms with Crippen molar-refractivity contribution in [2.24, 2.45) is 0 Å². The smallest absolute Gasteiger partial charge is 0.273 e. The number of aliphatic hydroxyl groups excluding tert-OH is 1. The van der Waals surface area contributed by atoms with E-state index in [1.807, 2.05) is 0 Å². The van der Waals surface area contributed by atoms with Gasteiger partial charge in [-0.1, -0.05) is 0 Å². The molecule has 6 nitrogen and oxygen atoms in total. The molecule has 0 heterocycles. The van der Waals surface area contributed by atoms with Crippen LogP contribution in [0.15, 0.2) is 18.2 Å². The van der Waals surface area contributed by atoms with Gasteiger partial charge in [0.25, 0.3) is 5.69 Å². The summed E-state index contributed by atoms with van der Waals surface area (Å²) in [5, 5.41) is 17.4. The van der Waals surface area contributed by atoms with Crippen molar-refractivity contribution in [2.75, 3.05) is 13.7 Å². The first-order chi connectivity index (χ1) is 7.69. The summed E-state index contributed by atoms with van der Waals surface area (Å²) in [6.45, 7) is 2.11. The van der Waals surface area contributed by atoms with E-state index in [4.69, 9.17) is 9.84 Å². The molecule has 16 heavy (non-hydrogen) atoms. The van der Waals surface area contributed by atoms with Crippen LogP contribution in [0.5, 0.6) is 5.75 Å². The molecule has 0 unspecified atom stereocenters. The molecule has 0 fully saturated rings. The summed E-state index contributed by atoms with van der Waals surface area (Å²) in [7, 11) is 1.00. The van der Waals surface area contributed by atoms with Crippen LogP contribution in [0.2, 0.25) is 0 Å². The lowest BCUT2D eigenvalue weighted by atomic mass is 10.2. The molecule has 1 aromatic rings. The molecule has 0 aromatic heterocycles. The maximum Gasteiger partial charge on any atom is 0.273 e. The third-order valence-corrected chi connectivity index (χ3v) is 1.63. The first-order valence-corrected chi connectivity index (χ1v) is 4.50. The van der Waals surface area contributed by atoms with Gasteiger partial charge in [0.05, 0.1) is 23.2 Å². The third kappa shape index (κ3) is 3.66. The quantitative estimate of drug-likeness (QED) is 0.477. The van der Waals surface area contributed by atoms with Crippen molar-refractivity contribution < 1.29 is 19.6 Å². The van der Waals surface area contributed by atoms with Gasteiger partial charge in [-0.2, -0.15) is 0 Å². The fraction of sp³-hybridized carbons (Fsp3) is 0.300. The second kappa shape index (κ2) is 7.36. The van der Waals surface area contributed by atoms with E-state index < -0.39 is 4.92 Å². The van der Waals surface area contributed by atoms with Gasteiger partial charge < -0.3 is 9.84 Å². The summed E-state index contributed by atoms with van der Waals surface area (Å²) in [5.41, 5.74) is 0.233. The van der Waals surface area contributed by atoms with Gasteiger partial charge in [0, 0.05) is 13.2 Å². The maximum absolute atomic E-state index is 10.5. The molecule has 0 saturated carbocycles. The normalized spacial score (nSPS) is 8.69. The number of rotatable bonds is 4. The number of non-ortho nitro benzene ring substituents is 1. The summed E-state index contributed by atoms with van der Waals surface area (Å²) in [4.78, 5) is 20.4. The van der Waals surface area contributed by atoms with Crippen LogP contribution in [0.3, 0.4) is 0 Å². The number of carbonyl (C=O) groups excluding carboxylic acids is 1. The van der Waals surface area contributed by atoms with Gasteiger partial charge >= 0.3 is 0 Å². The molecular weight excluding hydrogens is 214 g/mol. The molecule has 0 saturated heterocycles. The largest absolute Gasteiger partial charge is 0.493 e. The van der Waals surface area contributed by atoms with E-state index in [1.54, 1.807) is 6.92 Å². The van der Waals surface area contributed by atoms with E-state index in [0.717, 1.165) is 7.11 Å². The molecule has 0 amide bonds. The van der Waals surface area contributed by atoms with Gasteiger partial charge in [0.15, 0.2) is 6.29 Å². The zero-order chi connectivity index (χ0) is 12.6. The molecule has 0 aliphatic rings. The Morgan fingerprint density at radius 3 is 2.56 bits per heavy atom. The summed E-state index contributed by atoms with van der Waals surface area (Å²) in [6.07, 6.45) is 0.606. The average Bonchev–Trinajstić information content (AvgIpc) is 2.32. The standard InChI is InChI=1S/C9H9NO4.CH4O/c1-2-14-9-5-8(10(12)13)4-3-7(9)6-11;1-2/h3-6H,2H2,1H3;2H,1H3. The number of aldehydes is 1. The summed E-state index contributed by atoms with van der Waals surface area (Å²) in [6, 6.07) is 3.88. The number of hydrogen-bond donors (Lipinski definition) is 1. The van der Waals surface area contributed by atoms with Crippen molar-refractivity contribution in [3.8, 4) is 5.75 Å². The Hall–Kier alpha value is -1.95. The van der Waals surface area contributed by atoms with E-state index in [9.17, 15) is 14.9 Å². The predicted octanol–water partition coefficient (Wildman–Crippen LogP) is 1.41. The molecular formula is C10H13NO5. The van der Waals surface area contributed by atoms with Crippen LogP contribution in [0.1, 0.15) is 17.3 Å². The average molecular weight is 227 g/mol. The molecule has 0 radical (unpaired) electrons. The van der Waals surface area contributed by atoms with E-state index in [1.165, 1.54) is 18.2 Å². The second-order valence-corrected chi connectivity index (χ2v) is 2.53. The Morgan fingerprint density at radius 1 is 1.50 bits per heavy atom. The van der Waals surface area contributed by atoms with Crippen LogP contribution in [-0.4, -0.2) is 30.0 Å². The second-order valence-electron chi connectivity index (χ2n) is 2.53. The fourth-order valence-corrected chi connectivity index (χ4v) is 1.01. The van der Waals surface area contributed by atoms with Gasteiger partial charge in [0.1, 0.15) is 5.75 Å². The number of nitrogens with zero attached hydrogens (tertiary/aromatic N) is 1. The number of hydrogen-bond acceptors (Lipinski definition) is 5. The highest BCUT2D eigenvalue weighted by atomic mass is 16.6. The van der Waals surface area contributed by atoms with E-state index >= 15 is 0 Å². The minimum atomic E-state index is -0.531. The Kier molecular flexibility index (Phi) is 6.46. The van der Waals surface area contributed by atoms with Crippen LogP contribution >= 0.6 is 0 Å². The zero-order valence-electron chi connectivity index (χ0n) is 9.04. The molecule has 0 aliphatic carbocycles. The Bertz CT molecular complexity index is 364. The van der Waals surface area contributed by atoms with Crippen LogP contribution < -0.4 is 4.74 Å². The number of aliphatic hydroxyl groups is 1. The van der Waals surface area contributed by atoms with Crippen molar-refractivity contribution in [3.05, 3.63) is 33.9 Å². The molecule has 1 N–H and O–H groups in total. The van der Waals surface area contributed by atoms with Crippen molar-refractivity contribution in [2.45, 2.75) is 6.92 Å².